The number of carbonyl (C=O) groups is 1. The third kappa shape index (κ3) is 1.54. The third-order valence-corrected chi connectivity index (χ3v) is 4.62. The number of ketones is 1. The van der Waals surface area contributed by atoms with Gasteiger partial charge in [0.25, 0.3) is 0 Å². The summed E-state index contributed by atoms with van der Waals surface area (Å²) in [6, 6.07) is 10.2. The summed E-state index contributed by atoms with van der Waals surface area (Å²) < 4.78 is 0. The van der Waals surface area contributed by atoms with Crippen molar-refractivity contribution in [2.75, 3.05) is 7.05 Å². The molecule has 0 aromatic heterocycles. The quantitative estimate of drug-likeness (QED) is 0.844. The molecule has 2 aliphatic carbocycles. The second-order valence-electron chi connectivity index (χ2n) is 5.47. The summed E-state index contributed by atoms with van der Waals surface area (Å²) in [6.07, 6.45) is 4.42. The van der Waals surface area contributed by atoms with Crippen LogP contribution in [0.1, 0.15) is 31.2 Å². The first-order valence-electron chi connectivity index (χ1n) is 6.55. The van der Waals surface area contributed by atoms with Crippen molar-refractivity contribution >= 4 is 5.78 Å². The maximum Gasteiger partial charge on any atom is 0.160 e. The van der Waals surface area contributed by atoms with Crippen LogP contribution in [0.15, 0.2) is 30.3 Å². The van der Waals surface area contributed by atoms with Gasteiger partial charge in [0.05, 0.1) is 0 Å². The molecule has 0 saturated heterocycles. The van der Waals surface area contributed by atoms with Crippen LogP contribution in [0.5, 0.6) is 0 Å². The van der Waals surface area contributed by atoms with Crippen molar-refractivity contribution in [3.05, 3.63) is 35.9 Å². The van der Waals surface area contributed by atoms with Crippen LogP contribution in [0, 0.1) is 11.8 Å². The van der Waals surface area contributed by atoms with Gasteiger partial charge in [-0.2, -0.15) is 0 Å². The summed E-state index contributed by atoms with van der Waals surface area (Å²) in [5.41, 5.74) is 0.731. The molecular formula is C15H19NO. The highest BCUT2D eigenvalue weighted by atomic mass is 16.1. The summed E-state index contributed by atoms with van der Waals surface area (Å²) in [5.74, 6) is 1.44. The number of benzene rings is 1. The monoisotopic (exact) mass is 229 g/mol. The van der Waals surface area contributed by atoms with Gasteiger partial charge in [0.15, 0.2) is 5.78 Å². The molecule has 1 aromatic rings. The molecule has 0 radical (unpaired) electrons. The van der Waals surface area contributed by atoms with Crippen LogP contribution in [-0.4, -0.2) is 12.8 Å². The van der Waals surface area contributed by atoms with Gasteiger partial charge in [-0.25, -0.2) is 0 Å². The fourth-order valence-electron chi connectivity index (χ4n) is 3.73. The number of nitrogens with one attached hydrogen (secondary N) is 1. The number of hydrogen-bond donors (Lipinski definition) is 1. The Balaban J connectivity index is 2.05. The molecule has 0 aliphatic heterocycles. The van der Waals surface area contributed by atoms with Crippen LogP contribution in [0.3, 0.4) is 0 Å². The second kappa shape index (κ2) is 3.95. The highest BCUT2D eigenvalue weighted by Gasteiger charge is 2.50. The van der Waals surface area contributed by atoms with Crippen LogP contribution in [-0.2, 0) is 10.3 Å². The van der Waals surface area contributed by atoms with Gasteiger partial charge in [0.2, 0.25) is 0 Å². The fraction of sp³-hybridized carbons (Fsp3) is 0.533. The van der Waals surface area contributed by atoms with Gasteiger partial charge >= 0.3 is 0 Å². The van der Waals surface area contributed by atoms with Crippen molar-refractivity contribution in [3.63, 3.8) is 0 Å². The van der Waals surface area contributed by atoms with E-state index in [1.807, 2.05) is 25.2 Å². The van der Waals surface area contributed by atoms with Crippen LogP contribution in [0.2, 0.25) is 0 Å². The molecule has 0 heterocycles. The second-order valence-corrected chi connectivity index (χ2v) is 5.47. The van der Waals surface area contributed by atoms with Crippen LogP contribution < -0.4 is 5.32 Å². The molecule has 90 valence electrons. The molecule has 1 aromatic carbocycles. The Labute approximate surface area is 102 Å². The predicted octanol–water partition coefficient (Wildman–Crippen LogP) is 2.49. The topological polar surface area (TPSA) is 29.1 Å². The van der Waals surface area contributed by atoms with E-state index in [0.29, 0.717) is 11.7 Å². The molecule has 1 N–H and O–H groups in total. The Bertz CT molecular complexity index is 428. The zero-order valence-electron chi connectivity index (χ0n) is 10.3. The maximum atomic E-state index is 12.7. The predicted molar refractivity (Wildman–Crippen MR) is 67.6 cm³/mol. The molecule has 3 unspecified atom stereocenters. The number of fused-ring (bicyclic) bond motifs is 2. The average molecular weight is 229 g/mol. The minimum Gasteiger partial charge on any atom is -0.304 e. The molecule has 2 aliphatic rings. The summed E-state index contributed by atoms with van der Waals surface area (Å²) in [7, 11) is 1.93. The number of rotatable bonds is 2. The SMILES string of the molecule is CNC1(c2ccccc2)CC2CCC(C2)C1=O. The van der Waals surface area contributed by atoms with Crippen molar-refractivity contribution in [2.45, 2.75) is 31.2 Å². The van der Waals surface area contributed by atoms with Gasteiger partial charge in [-0.3, -0.25) is 4.79 Å². The molecule has 0 spiro atoms. The van der Waals surface area contributed by atoms with Gasteiger partial charge in [-0.1, -0.05) is 30.3 Å². The summed E-state index contributed by atoms with van der Waals surface area (Å²) in [4.78, 5) is 12.7. The Morgan fingerprint density at radius 2 is 2.00 bits per heavy atom. The van der Waals surface area contributed by atoms with Gasteiger partial charge in [0.1, 0.15) is 5.54 Å². The molecule has 2 saturated carbocycles. The molecule has 3 rings (SSSR count). The van der Waals surface area contributed by atoms with Crippen molar-refractivity contribution in [1.82, 2.24) is 5.32 Å². The molecule has 2 fully saturated rings. The Morgan fingerprint density at radius 3 is 2.71 bits per heavy atom. The number of carbonyl (C=O) groups excluding carboxylic acids is 1. The first-order chi connectivity index (χ1) is 8.26. The summed E-state index contributed by atoms with van der Waals surface area (Å²) in [6.45, 7) is 0. The zero-order valence-corrected chi connectivity index (χ0v) is 10.3. The molecule has 2 nitrogen and oxygen atoms in total. The van der Waals surface area contributed by atoms with Gasteiger partial charge in [-0.15, -0.1) is 0 Å². The Hall–Kier alpha value is -1.15. The van der Waals surface area contributed by atoms with Crippen LogP contribution in [0.25, 0.3) is 0 Å². The lowest BCUT2D eigenvalue weighted by Gasteiger charge is -2.39. The van der Waals surface area contributed by atoms with E-state index in [4.69, 9.17) is 0 Å². The number of likely N-dealkylation sites (N-methyl/N-ethyl adjacent to an activating group) is 1. The minimum atomic E-state index is -0.411. The first-order valence-corrected chi connectivity index (χ1v) is 6.55. The van der Waals surface area contributed by atoms with E-state index < -0.39 is 5.54 Å². The Morgan fingerprint density at radius 1 is 1.24 bits per heavy atom. The van der Waals surface area contributed by atoms with Crippen molar-refractivity contribution < 1.29 is 4.79 Å². The van der Waals surface area contributed by atoms with E-state index in [1.165, 1.54) is 6.42 Å². The smallest absolute Gasteiger partial charge is 0.160 e. The van der Waals surface area contributed by atoms with Crippen LogP contribution in [0.4, 0.5) is 0 Å². The lowest BCUT2D eigenvalue weighted by molar-refractivity contribution is -0.132. The largest absolute Gasteiger partial charge is 0.304 e. The molecule has 17 heavy (non-hydrogen) atoms. The maximum absolute atomic E-state index is 12.7. The van der Waals surface area contributed by atoms with E-state index in [9.17, 15) is 4.79 Å². The first kappa shape index (κ1) is 11.0. The molecule has 2 heteroatoms. The minimum absolute atomic E-state index is 0.293. The van der Waals surface area contributed by atoms with E-state index >= 15 is 0 Å². The normalized spacial score (nSPS) is 36.2. The highest BCUT2D eigenvalue weighted by molar-refractivity contribution is 5.92. The summed E-state index contributed by atoms with van der Waals surface area (Å²) in [5, 5.41) is 3.33. The lowest BCUT2D eigenvalue weighted by Crippen LogP contribution is -2.52. The molecule has 2 bridgehead atoms. The number of Topliss-reactive ketones (excluding diaryl/α,β-unsaturated/α-hetero) is 1. The molecular weight excluding hydrogens is 210 g/mol. The van der Waals surface area contributed by atoms with Gasteiger partial charge < -0.3 is 5.32 Å². The molecule has 3 atom stereocenters. The molecule has 0 amide bonds. The van der Waals surface area contributed by atoms with Gasteiger partial charge in [-0.05, 0) is 44.2 Å². The van der Waals surface area contributed by atoms with Crippen LogP contribution >= 0.6 is 0 Å². The lowest BCUT2D eigenvalue weighted by atomic mass is 9.70. The van der Waals surface area contributed by atoms with E-state index in [2.05, 4.69) is 17.4 Å². The van der Waals surface area contributed by atoms with E-state index in [-0.39, 0.29) is 0 Å². The van der Waals surface area contributed by atoms with E-state index in [0.717, 1.165) is 30.7 Å². The fourth-order valence-corrected chi connectivity index (χ4v) is 3.73. The summed E-state index contributed by atoms with van der Waals surface area (Å²) >= 11 is 0. The average Bonchev–Trinajstić information content (AvgIpc) is 2.79. The van der Waals surface area contributed by atoms with Gasteiger partial charge in [0, 0.05) is 5.92 Å². The zero-order chi connectivity index (χ0) is 11.9. The van der Waals surface area contributed by atoms with Crippen molar-refractivity contribution in [3.8, 4) is 0 Å². The van der Waals surface area contributed by atoms with E-state index in [1.54, 1.807) is 0 Å². The van der Waals surface area contributed by atoms with Crippen molar-refractivity contribution in [1.29, 1.82) is 0 Å². The highest BCUT2D eigenvalue weighted by Crippen LogP contribution is 2.48. The standard InChI is InChI=1S/C15H19NO/c1-16-15(13-5-3-2-4-6-13)10-11-7-8-12(9-11)14(15)17/h2-6,11-12,16H,7-10H2,1H3. The van der Waals surface area contributed by atoms with Crippen molar-refractivity contribution in [2.24, 2.45) is 11.8 Å². The number of hydrogen-bond acceptors (Lipinski definition) is 2. The third-order valence-electron chi connectivity index (χ3n) is 4.62. The Kier molecular flexibility index (Phi) is 2.55.